The molecule has 6 heteroatoms. The lowest BCUT2D eigenvalue weighted by Crippen LogP contribution is -2.30. The van der Waals surface area contributed by atoms with Gasteiger partial charge in [0.15, 0.2) is 6.10 Å². The first-order valence-corrected chi connectivity index (χ1v) is 31.4. The molecule has 0 fully saturated rings. The Morgan fingerprint density at radius 1 is 0.278 bits per heavy atom. The molecule has 0 saturated carbocycles. The quantitative estimate of drug-likeness (QED) is 0.0261. The van der Waals surface area contributed by atoms with E-state index >= 15 is 0 Å². The SMILES string of the molecule is CCC\C=C/C=C\C=C/C=C\C=C/CCCCCCCC(=O)OC(COC(=O)CCCCCCCCCCCCCCCCCCC)COC(=O)CCCCCCCCCCCCCCCCCCCCC. The summed E-state index contributed by atoms with van der Waals surface area (Å²) in [5, 5.41) is 0. The van der Waals surface area contributed by atoms with E-state index in [0.29, 0.717) is 19.3 Å². The molecule has 0 radical (unpaired) electrons. The maximum atomic E-state index is 12.9. The highest BCUT2D eigenvalue weighted by molar-refractivity contribution is 5.71. The number of ether oxygens (including phenoxy) is 3. The minimum Gasteiger partial charge on any atom is -0.462 e. The number of rotatable bonds is 57. The number of hydrogen-bond donors (Lipinski definition) is 0. The van der Waals surface area contributed by atoms with Gasteiger partial charge in [0.2, 0.25) is 0 Å². The van der Waals surface area contributed by atoms with Crippen molar-refractivity contribution in [2.75, 3.05) is 13.2 Å². The number of esters is 3. The minimum atomic E-state index is -0.786. The molecule has 0 aliphatic heterocycles. The van der Waals surface area contributed by atoms with Gasteiger partial charge in [0.25, 0.3) is 0 Å². The average molecular weight is 1010 g/mol. The predicted molar refractivity (Wildman–Crippen MR) is 312 cm³/mol. The molecule has 0 aromatic heterocycles. The molecular weight excluding hydrogens is 889 g/mol. The Hall–Kier alpha value is -2.89. The molecule has 0 bridgehead atoms. The van der Waals surface area contributed by atoms with Crippen LogP contribution in [-0.4, -0.2) is 37.2 Å². The van der Waals surface area contributed by atoms with Crippen LogP contribution in [0.4, 0.5) is 0 Å². The van der Waals surface area contributed by atoms with Gasteiger partial charge in [0, 0.05) is 19.3 Å². The van der Waals surface area contributed by atoms with Gasteiger partial charge in [-0.25, -0.2) is 0 Å². The summed E-state index contributed by atoms with van der Waals surface area (Å²) >= 11 is 0. The summed E-state index contributed by atoms with van der Waals surface area (Å²) in [6, 6.07) is 0. The Bertz CT molecular complexity index is 1290. The van der Waals surface area contributed by atoms with Crippen LogP contribution < -0.4 is 0 Å². The fourth-order valence-electron chi connectivity index (χ4n) is 9.18. The van der Waals surface area contributed by atoms with Crippen molar-refractivity contribution in [2.24, 2.45) is 0 Å². The summed E-state index contributed by atoms with van der Waals surface area (Å²) in [6.45, 7) is 6.59. The first kappa shape index (κ1) is 69.1. The van der Waals surface area contributed by atoms with Crippen molar-refractivity contribution in [3.63, 3.8) is 0 Å². The van der Waals surface area contributed by atoms with E-state index in [0.717, 1.165) is 83.5 Å². The first-order valence-electron chi connectivity index (χ1n) is 31.4. The topological polar surface area (TPSA) is 78.9 Å². The Morgan fingerprint density at radius 3 is 0.833 bits per heavy atom. The molecule has 1 atom stereocenters. The highest BCUT2D eigenvalue weighted by Gasteiger charge is 2.19. The summed E-state index contributed by atoms with van der Waals surface area (Å²) < 4.78 is 16.9. The van der Waals surface area contributed by atoms with Crippen molar-refractivity contribution in [1.29, 1.82) is 0 Å². The predicted octanol–water partition coefficient (Wildman–Crippen LogP) is 21.2. The Balaban J connectivity index is 4.38. The van der Waals surface area contributed by atoms with Crippen molar-refractivity contribution in [3.8, 4) is 0 Å². The molecule has 0 aliphatic carbocycles. The van der Waals surface area contributed by atoms with Crippen molar-refractivity contribution in [3.05, 3.63) is 60.8 Å². The van der Waals surface area contributed by atoms with Gasteiger partial charge in [-0.1, -0.05) is 326 Å². The van der Waals surface area contributed by atoms with E-state index in [1.165, 1.54) is 199 Å². The maximum Gasteiger partial charge on any atom is 0.306 e. The molecule has 0 N–H and O–H groups in total. The van der Waals surface area contributed by atoms with Crippen LogP contribution in [0.3, 0.4) is 0 Å². The molecule has 0 aromatic rings. The standard InChI is InChI=1S/C66H118O6/c1-4-7-10-13-16-19-22-25-28-31-33-36-38-41-44-47-50-53-56-59-65(68)71-62-63(61-70-64(67)58-55-52-49-46-43-40-37-34-30-27-24-21-18-15-12-9-6-3)72-66(69)60-57-54-51-48-45-42-39-35-32-29-26-23-20-17-14-11-8-5-2/h11,14,17,20,23,26,29,32,35,39,63H,4-10,12-13,15-16,18-19,21-22,24-25,27-28,30-31,33-34,36-38,40-62H2,1-3H3/b14-11-,20-17-,26-23-,32-29-,39-35-. The van der Waals surface area contributed by atoms with E-state index in [4.69, 9.17) is 14.2 Å². The highest BCUT2D eigenvalue weighted by atomic mass is 16.6. The van der Waals surface area contributed by atoms with E-state index in [2.05, 4.69) is 57.2 Å². The second-order valence-electron chi connectivity index (χ2n) is 21.1. The van der Waals surface area contributed by atoms with Crippen molar-refractivity contribution < 1.29 is 28.6 Å². The zero-order chi connectivity index (χ0) is 52.2. The molecule has 0 spiro atoms. The van der Waals surface area contributed by atoms with Crippen molar-refractivity contribution in [2.45, 2.75) is 329 Å². The van der Waals surface area contributed by atoms with Gasteiger partial charge < -0.3 is 14.2 Å². The van der Waals surface area contributed by atoms with E-state index in [1.807, 2.05) is 24.3 Å². The largest absolute Gasteiger partial charge is 0.462 e. The maximum absolute atomic E-state index is 12.9. The number of hydrogen-bond acceptors (Lipinski definition) is 6. The fourth-order valence-corrected chi connectivity index (χ4v) is 9.18. The number of allylic oxidation sites excluding steroid dienone is 10. The smallest absolute Gasteiger partial charge is 0.306 e. The van der Waals surface area contributed by atoms with Gasteiger partial charge in [-0.2, -0.15) is 0 Å². The van der Waals surface area contributed by atoms with Gasteiger partial charge >= 0.3 is 17.9 Å². The van der Waals surface area contributed by atoms with Crippen LogP contribution >= 0.6 is 0 Å². The van der Waals surface area contributed by atoms with Crippen molar-refractivity contribution in [1.82, 2.24) is 0 Å². The molecule has 418 valence electrons. The molecule has 72 heavy (non-hydrogen) atoms. The van der Waals surface area contributed by atoms with Gasteiger partial charge in [-0.05, 0) is 38.5 Å². The lowest BCUT2D eigenvalue weighted by Gasteiger charge is -2.18. The first-order chi connectivity index (χ1) is 35.5. The van der Waals surface area contributed by atoms with E-state index < -0.39 is 6.10 Å². The third-order valence-corrected chi connectivity index (χ3v) is 13.9. The van der Waals surface area contributed by atoms with Crippen LogP contribution in [0.1, 0.15) is 323 Å². The molecule has 0 saturated heterocycles. The zero-order valence-corrected chi connectivity index (χ0v) is 47.9. The monoisotopic (exact) mass is 1010 g/mol. The molecule has 1 unspecified atom stereocenters. The Kier molecular flexibility index (Phi) is 58.2. The van der Waals surface area contributed by atoms with E-state index in [-0.39, 0.29) is 31.1 Å². The minimum absolute atomic E-state index is 0.0805. The molecule has 0 amide bonds. The fraction of sp³-hybridized carbons (Fsp3) is 0.803. The number of carbonyl (C=O) groups excluding carboxylic acids is 3. The molecule has 0 aliphatic rings. The third kappa shape index (κ3) is 58.0. The highest BCUT2D eigenvalue weighted by Crippen LogP contribution is 2.17. The Labute approximate surface area is 447 Å². The number of unbranched alkanes of at least 4 members (excludes halogenated alkanes) is 40. The van der Waals surface area contributed by atoms with Crippen LogP contribution in [0.2, 0.25) is 0 Å². The second-order valence-corrected chi connectivity index (χ2v) is 21.1. The Morgan fingerprint density at radius 2 is 0.528 bits per heavy atom. The summed E-state index contributed by atoms with van der Waals surface area (Å²) in [4.78, 5) is 38.3. The summed E-state index contributed by atoms with van der Waals surface area (Å²) in [7, 11) is 0. The van der Waals surface area contributed by atoms with E-state index in [1.54, 1.807) is 0 Å². The van der Waals surface area contributed by atoms with Gasteiger partial charge in [-0.3, -0.25) is 14.4 Å². The molecule has 0 rings (SSSR count). The lowest BCUT2D eigenvalue weighted by molar-refractivity contribution is -0.167. The lowest BCUT2D eigenvalue weighted by atomic mass is 10.0. The molecule has 0 heterocycles. The van der Waals surface area contributed by atoms with E-state index in [9.17, 15) is 14.4 Å². The van der Waals surface area contributed by atoms with Gasteiger partial charge in [0.05, 0.1) is 0 Å². The van der Waals surface area contributed by atoms with Crippen LogP contribution in [0, 0.1) is 0 Å². The molecule has 0 aromatic carbocycles. The van der Waals surface area contributed by atoms with Gasteiger partial charge in [0.1, 0.15) is 13.2 Å². The molecule has 6 nitrogen and oxygen atoms in total. The summed E-state index contributed by atoms with van der Waals surface area (Å²) in [6.07, 6.45) is 76.4. The van der Waals surface area contributed by atoms with Crippen LogP contribution in [0.15, 0.2) is 60.8 Å². The normalized spacial score (nSPS) is 12.4. The summed E-state index contributed by atoms with van der Waals surface area (Å²) in [5.41, 5.74) is 0. The van der Waals surface area contributed by atoms with Crippen molar-refractivity contribution >= 4 is 17.9 Å². The average Bonchev–Trinajstić information content (AvgIpc) is 3.38. The van der Waals surface area contributed by atoms with Gasteiger partial charge in [-0.15, -0.1) is 0 Å². The zero-order valence-electron chi connectivity index (χ0n) is 47.9. The van der Waals surface area contributed by atoms with Crippen LogP contribution in [0.5, 0.6) is 0 Å². The third-order valence-electron chi connectivity index (χ3n) is 13.9. The summed E-state index contributed by atoms with van der Waals surface area (Å²) in [5.74, 6) is -0.885. The van der Waals surface area contributed by atoms with Crippen LogP contribution in [-0.2, 0) is 28.6 Å². The van der Waals surface area contributed by atoms with Crippen LogP contribution in [0.25, 0.3) is 0 Å². The number of carbonyl (C=O) groups is 3. The molecular formula is C66H118O6. The second kappa shape index (κ2) is 60.7.